The number of aromatic nitrogens is 4. The van der Waals surface area contributed by atoms with E-state index >= 15 is 4.39 Å². The molecule has 5 aliphatic heterocycles. The van der Waals surface area contributed by atoms with Gasteiger partial charge in [-0.3, -0.25) is 0 Å². The second-order valence-electron chi connectivity index (χ2n) is 12.5. The van der Waals surface area contributed by atoms with E-state index in [-0.39, 0.29) is 23.5 Å². The topological polar surface area (TPSA) is 91.4 Å². The fourth-order valence-electron chi connectivity index (χ4n) is 7.59. The predicted octanol–water partition coefficient (Wildman–Crippen LogP) is 5.70. The van der Waals surface area contributed by atoms with Crippen molar-refractivity contribution in [2.75, 3.05) is 60.1 Å². The summed E-state index contributed by atoms with van der Waals surface area (Å²) >= 11 is 0. The predicted molar refractivity (Wildman–Crippen MR) is 169 cm³/mol. The van der Waals surface area contributed by atoms with Crippen LogP contribution in [0.1, 0.15) is 50.1 Å². The Morgan fingerprint density at radius 2 is 1.52 bits per heavy atom. The van der Waals surface area contributed by atoms with Crippen LogP contribution < -0.4 is 20.9 Å². The van der Waals surface area contributed by atoms with Gasteiger partial charge in [-0.1, -0.05) is 12.1 Å². The van der Waals surface area contributed by atoms with Crippen LogP contribution in [0.5, 0.6) is 0 Å². The lowest BCUT2D eigenvalue weighted by atomic mass is 9.84. The SMILES string of the molecule is Nc1nc(Nc2ccc(N3CCC(N4CCCC4)CC3)c(F)c2)nn1-c1cc(-c2ccc(F)cc2)c2c(n1)C1CCN2CC1. The molecular formula is C33H37F2N9. The normalized spacial score (nSPS) is 19.1. The minimum absolute atomic E-state index is 0.171. The maximum Gasteiger partial charge on any atom is 0.248 e. The highest BCUT2D eigenvalue weighted by atomic mass is 19.1. The maximum absolute atomic E-state index is 15.3. The van der Waals surface area contributed by atoms with E-state index < -0.39 is 0 Å². The summed E-state index contributed by atoms with van der Waals surface area (Å²) in [5.74, 6) is 0.782. The third kappa shape index (κ3) is 4.92. The summed E-state index contributed by atoms with van der Waals surface area (Å²) in [6, 6.07) is 14.3. The molecule has 0 spiro atoms. The molecule has 9 nitrogen and oxygen atoms in total. The third-order valence-corrected chi connectivity index (χ3v) is 9.87. The van der Waals surface area contributed by atoms with E-state index in [1.807, 2.05) is 18.2 Å². The van der Waals surface area contributed by atoms with Crippen LogP contribution in [-0.4, -0.2) is 70.0 Å². The zero-order valence-electron chi connectivity index (χ0n) is 24.7. The maximum atomic E-state index is 15.3. The van der Waals surface area contributed by atoms with Crippen molar-refractivity contribution in [2.45, 2.75) is 50.5 Å². The fraction of sp³-hybridized carbons (Fsp3) is 0.424. The van der Waals surface area contributed by atoms with Crippen molar-refractivity contribution in [3.8, 4) is 16.9 Å². The van der Waals surface area contributed by atoms with E-state index in [1.165, 1.54) is 48.8 Å². The van der Waals surface area contributed by atoms with Gasteiger partial charge in [0.25, 0.3) is 0 Å². The number of hydrogen-bond acceptors (Lipinski definition) is 8. The average Bonchev–Trinajstić information content (AvgIpc) is 3.72. The molecule has 3 N–H and O–H groups in total. The number of piperidine rings is 2. The molecule has 228 valence electrons. The van der Waals surface area contributed by atoms with Crippen molar-refractivity contribution >= 4 is 29.0 Å². The number of likely N-dealkylation sites (tertiary alicyclic amines) is 1. The van der Waals surface area contributed by atoms with Crippen LogP contribution >= 0.6 is 0 Å². The summed E-state index contributed by atoms with van der Waals surface area (Å²) in [4.78, 5) is 16.6. The summed E-state index contributed by atoms with van der Waals surface area (Å²) in [6.07, 6.45) is 6.81. The lowest BCUT2D eigenvalue weighted by molar-refractivity contribution is 0.207. The van der Waals surface area contributed by atoms with Crippen molar-refractivity contribution in [3.63, 3.8) is 0 Å². The number of pyridine rings is 1. The molecular weight excluding hydrogens is 560 g/mol. The Labute approximate surface area is 255 Å². The van der Waals surface area contributed by atoms with Crippen LogP contribution in [0.4, 0.5) is 37.7 Å². The van der Waals surface area contributed by atoms with E-state index in [2.05, 4.69) is 30.1 Å². The van der Waals surface area contributed by atoms with Gasteiger partial charge in [-0.05, 0) is 93.6 Å². The first-order valence-corrected chi connectivity index (χ1v) is 15.8. The van der Waals surface area contributed by atoms with Gasteiger partial charge in [-0.25, -0.2) is 13.8 Å². The van der Waals surface area contributed by atoms with Gasteiger partial charge >= 0.3 is 0 Å². The van der Waals surface area contributed by atoms with Gasteiger partial charge in [0, 0.05) is 49.4 Å². The number of nitrogen functional groups attached to an aromatic ring is 1. The Bertz CT molecular complexity index is 1670. The number of anilines is 5. The molecule has 3 saturated heterocycles. The first-order valence-electron chi connectivity index (χ1n) is 15.8. The Balaban J connectivity index is 1.04. The number of halogens is 2. The minimum Gasteiger partial charge on any atom is -0.370 e. The second-order valence-corrected chi connectivity index (χ2v) is 12.5. The smallest absolute Gasteiger partial charge is 0.248 e. The van der Waals surface area contributed by atoms with Crippen LogP contribution in [-0.2, 0) is 0 Å². The molecule has 0 radical (unpaired) electrons. The minimum atomic E-state index is -0.276. The number of nitrogens with zero attached hydrogens (tertiary/aromatic N) is 7. The zero-order chi connectivity index (χ0) is 29.8. The van der Waals surface area contributed by atoms with Crippen molar-refractivity contribution in [1.29, 1.82) is 0 Å². The van der Waals surface area contributed by atoms with Crippen molar-refractivity contribution in [1.82, 2.24) is 24.6 Å². The van der Waals surface area contributed by atoms with Crippen LogP contribution in [0.25, 0.3) is 16.9 Å². The highest BCUT2D eigenvalue weighted by Crippen LogP contribution is 2.47. The Kier molecular flexibility index (Phi) is 6.85. The van der Waals surface area contributed by atoms with Crippen LogP contribution in [0.15, 0.2) is 48.5 Å². The van der Waals surface area contributed by atoms with E-state index in [0.717, 1.165) is 74.4 Å². The molecule has 9 rings (SSSR count). The van der Waals surface area contributed by atoms with Crippen LogP contribution in [0.2, 0.25) is 0 Å². The quantitative estimate of drug-likeness (QED) is 0.293. The molecule has 7 heterocycles. The summed E-state index contributed by atoms with van der Waals surface area (Å²) in [7, 11) is 0. The molecule has 4 aromatic rings. The highest BCUT2D eigenvalue weighted by molar-refractivity contribution is 5.83. The summed E-state index contributed by atoms with van der Waals surface area (Å²) in [5, 5.41) is 7.74. The fourth-order valence-corrected chi connectivity index (χ4v) is 7.59. The standard InChI is InChI=1S/C33H37F2N9/c34-23-5-3-21(4-6-23)26-20-29(38-30-22-9-15-43(16-10-22)31(26)30)44-32(36)39-33(40-44)37-24-7-8-28(27(35)19-24)42-17-11-25(12-18-42)41-13-1-2-14-41/h3-8,19-20,22,25H,1-2,9-18H2,(H3,36,37,39,40). The molecule has 3 fully saturated rings. The Morgan fingerprint density at radius 1 is 0.795 bits per heavy atom. The number of nitrogens with two attached hydrogens (primary N) is 1. The molecule has 2 bridgehead atoms. The Hall–Kier alpha value is -4.25. The number of fused-ring (bicyclic) bond motifs is 2. The highest BCUT2D eigenvalue weighted by Gasteiger charge is 2.35. The van der Waals surface area contributed by atoms with Crippen LogP contribution in [0, 0.1) is 11.6 Å². The van der Waals surface area contributed by atoms with Gasteiger partial charge in [0.05, 0.1) is 17.1 Å². The first kappa shape index (κ1) is 27.3. The van der Waals surface area contributed by atoms with E-state index in [0.29, 0.717) is 29.2 Å². The third-order valence-electron chi connectivity index (χ3n) is 9.87. The molecule has 44 heavy (non-hydrogen) atoms. The molecule has 0 saturated carbocycles. The number of benzene rings is 2. The average molecular weight is 598 g/mol. The molecule has 0 unspecified atom stereocenters. The molecule has 5 aliphatic rings. The van der Waals surface area contributed by atoms with Gasteiger partial charge < -0.3 is 25.8 Å². The number of rotatable bonds is 6. The molecule has 0 amide bonds. The second kappa shape index (κ2) is 11.0. The Morgan fingerprint density at radius 3 is 2.25 bits per heavy atom. The monoisotopic (exact) mass is 597 g/mol. The molecule has 0 aliphatic carbocycles. The van der Waals surface area contributed by atoms with E-state index in [9.17, 15) is 4.39 Å². The molecule has 2 aromatic heterocycles. The van der Waals surface area contributed by atoms with E-state index in [4.69, 9.17) is 10.7 Å². The molecule has 0 atom stereocenters. The van der Waals surface area contributed by atoms with Gasteiger partial charge in [0.2, 0.25) is 11.9 Å². The van der Waals surface area contributed by atoms with Crippen molar-refractivity contribution < 1.29 is 8.78 Å². The lowest BCUT2D eigenvalue weighted by Crippen LogP contribution is -2.44. The lowest BCUT2D eigenvalue weighted by Gasteiger charge is -2.42. The largest absolute Gasteiger partial charge is 0.370 e. The molecule has 11 heteroatoms. The summed E-state index contributed by atoms with van der Waals surface area (Å²) in [6.45, 7) is 6.09. The number of nitrogens with one attached hydrogen (secondary N) is 1. The van der Waals surface area contributed by atoms with Gasteiger partial charge in [-0.15, -0.1) is 5.10 Å². The summed E-state index contributed by atoms with van der Waals surface area (Å²) in [5.41, 5.74) is 11.5. The molecule has 2 aromatic carbocycles. The van der Waals surface area contributed by atoms with Gasteiger partial charge in [0.1, 0.15) is 11.6 Å². The van der Waals surface area contributed by atoms with Gasteiger partial charge in [0.15, 0.2) is 5.82 Å². The first-order chi connectivity index (χ1) is 21.5. The number of hydrogen-bond donors (Lipinski definition) is 2. The van der Waals surface area contributed by atoms with Crippen molar-refractivity contribution in [3.05, 3.63) is 65.9 Å². The van der Waals surface area contributed by atoms with Crippen molar-refractivity contribution in [2.24, 2.45) is 0 Å². The summed E-state index contributed by atoms with van der Waals surface area (Å²) < 4.78 is 30.6. The zero-order valence-corrected chi connectivity index (χ0v) is 24.7. The van der Waals surface area contributed by atoms with Gasteiger partial charge in [-0.2, -0.15) is 9.67 Å². The van der Waals surface area contributed by atoms with E-state index in [1.54, 1.807) is 12.1 Å². The van der Waals surface area contributed by atoms with Crippen LogP contribution in [0.3, 0.4) is 0 Å².